The van der Waals surface area contributed by atoms with Crippen molar-refractivity contribution in [3.8, 4) is 5.88 Å². The van der Waals surface area contributed by atoms with Gasteiger partial charge in [0, 0.05) is 6.07 Å². The smallest absolute Gasteiger partial charge is 0.215 e. The number of aromatic amines is 1. The average molecular weight is 207 g/mol. The van der Waals surface area contributed by atoms with Gasteiger partial charge in [0.05, 0.1) is 12.6 Å². The van der Waals surface area contributed by atoms with E-state index in [9.17, 15) is 5.11 Å². The summed E-state index contributed by atoms with van der Waals surface area (Å²) in [6, 6.07) is 3.57. The first kappa shape index (κ1) is 9.92. The van der Waals surface area contributed by atoms with Crippen molar-refractivity contribution in [3.05, 3.63) is 18.0 Å². The summed E-state index contributed by atoms with van der Waals surface area (Å²) in [7, 11) is 1.55. The van der Waals surface area contributed by atoms with Crippen LogP contribution in [0.1, 0.15) is 19.7 Å². The Hall–Kier alpha value is -1.62. The number of H-pyrrole nitrogens is 1. The van der Waals surface area contributed by atoms with E-state index in [0.717, 1.165) is 5.52 Å². The van der Waals surface area contributed by atoms with E-state index in [4.69, 9.17) is 4.74 Å². The van der Waals surface area contributed by atoms with Crippen LogP contribution >= 0.6 is 0 Å². The van der Waals surface area contributed by atoms with Gasteiger partial charge < -0.3 is 14.8 Å². The summed E-state index contributed by atoms with van der Waals surface area (Å²) in [6.45, 7) is 3.34. The van der Waals surface area contributed by atoms with Gasteiger partial charge in [0.2, 0.25) is 5.88 Å². The van der Waals surface area contributed by atoms with Gasteiger partial charge in [-0.3, -0.25) is 0 Å². The molecule has 5 nitrogen and oxygen atoms in total. The molecule has 0 aliphatic heterocycles. The number of rotatable bonds is 2. The normalized spacial score (nSPS) is 12.0. The number of ether oxygens (including phenoxy) is 1. The van der Waals surface area contributed by atoms with Crippen LogP contribution in [0.2, 0.25) is 0 Å². The standard InChI is InChI=1S/C10H13N3O2/c1-10(2,14)9-11-6-4-5-7(15-3)12-8(6)13-9/h4-5,14H,1-3H3,(H,11,12,13). The molecule has 0 aliphatic carbocycles. The Balaban J connectivity index is 2.56. The first-order valence-corrected chi connectivity index (χ1v) is 4.64. The van der Waals surface area contributed by atoms with Gasteiger partial charge in [0.1, 0.15) is 11.4 Å². The number of hydrogen-bond acceptors (Lipinski definition) is 4. The molecule has 0 saturated heterocycles. The minimum atomic E-state index is -0.992. The largest absolute Gasteiger partial charge is 0.481 e. The number of pyridine rings is 1. The molecular weight excluding hydrogens is 194 g/mol. The lowest BCUT2D eigenvalue weighted by Gasteiger charge is -2.12. The second-order valence-corrected chi connectivity index (χ2v) is 3.87. The van der Waals surface area contributed by atoms with Crippen molar-refractivity contribution < 1.29 is 9.84 Å². The van der Waals surface area contributed by atoms with E-state index in [1.54, 1.807) is 27.0 Å². The Labute approximate surface area is 87.1 Å². The first-order chi connectivity index (χ1) is 7.00. The molecular formula is C10H13N3O2. The second-order valence-electron chi connectivity index (χ2n) is 3.87. The predicted octanol–water partition coefficient (Wildman–Crippen LogP) is 1.19. The zero-order valence-electron chi connectivity index (χ0n) is 8.90. The molecule has 0 unspecified atom stereocenters. The summed E-state index contributed by atoms with van der Waals surface area (Å²) in [5.41, 5.74) is 0.341. The van der Waals surface area contributed by atoms with Crippen LogP contribution in [-0.2, 0) is 5.60 Å². The van der Waals surface area contributed by atoms with Crippen LogP contribution < -0.4 is 4.74 Å². The van der Waals surface area contributed by atoms with Crippen molar-refractivity contribution in [2.75, 3.05) is 7.11 Å². The van der Waals surface area contributed by atoms with Crippen LogP contribution in [0.15, 0.2) is 12.1 Å². The maximum Gasteiger partial charge on any atom is 0.215 e. The van der Waals surface area contributed by atoms with Gasteiger partial charge in [-0.2, -0.15) is 4.98 Å². The van der Waals surface area contributed by atoms with Crippen LogP contribution in [0.3, 0.4) is 0 Å². The van der Waals surface area contributed by atoms with Crippen molar-refractivity contribution in [3.63, 3.8) is 0 Å². The van der Waals surface area contributed by atoms with Crippen LogP contribution in [0, 0.1) is 0 Å². The molecule has 0 radical (unpaired) electrons. The highest BCUT2D eigenvalue weighted by Crippen LogP contribution is 2.20. The molecule has 0 atom stereocenters. The van der Waals surface area contributed by atoms with Crippen LogP contribution in [0.5, 0.6) is 5.88 Å². The van der Waals surface area contributed by atoms with Gasteiger partial charge in [-0.25, -0.2) is 4.98 Å². The van der Waals surface area contributed by atoms with Crippen LogP contribution in [0.25, 0.3) is 11.2 Å². The fraction of sp³-hybridized carbons (Fsp3) is 0.400. The van der Waals surface area contributed by atoms with E-state index in [-0.39, 0.29) is 0 Å². The summed E-state index contributed by atoms with van der Waals surface area (Å²) in [5.74, 6) is 1.01. The Morgan fingerprint density at radius 1 is 1.33 bits per heavy atom. The maximum absolute atomic E-state index is 9.76. The first-order valence-electron chi connectivity index (χ1n) is 4.64. The Kier molecular flexibility index (Phi) is 2.12. The number of nitrogens with one attached hydrogen (secondary N) is 1. The van der Waals surface area contributed by atoms with Gasteiger partial charge >= 0.3 is 0 Å². The number of fused-ring (bicyclic) bond motifs is 1. The summed E-state index contributed by atoms with van der Waals surface area (Å²) >= 11 is 0. The zero-order valence-corrected chi connectivity index (χ0v) is 8.90. The molecule has 15 heavy (non-hydrogen) atoms. The monoisotopic (exact) mass is 207 g/mol. The third-order valence-electron chi connectivity index (χ3n) is 2.11. The Morgan fingerprint density at radius 3 is 2.67 bits per heavy atom. The van der Waals surface area contributed by atoms with E-state index in [1.165, 1.54) is 0 Å². The molecule has 0 bridgehead atoms. The Morgan fingerprint density at radius 2 is 2.07 bits per heavy atom. The van der Waals surface area contributed by atoms with Gasteiger partial charge in [-0.05, 0) is 19.9 Å². The van der Waals surface area contributed by atoms with Crippen molar-refractivity contribution >= 4 is 11.2 Å². The summed E-state index contributed by atoms with van der Waals surface area (Å²) in [4.78, 5) is 11.4. The fourth-order valence-corrected chi connectivity index (χ4v) is 1.28. The maximum atomic E-state index is 9.76. The second kappa shape index (κ2) is 3.20. The summed E-state index contributed by atoms with van der Waals surface area (Å²) < 4.78 is 4.99. The van der Waals surface area contributed by atoms with E-state index in [0.29, 0.717) is 17.4 Å². The number of aliphatic hydroxyl groups is 1. The van der Waals surface area contributed by atoms with E-state index in [2.05, 4.69) is 15.0 Å². The fourth-order valence-electron chi connectivity index (χ4n) is 1.28. The molecule has 0 amide bonds. The van der Waals surface area contributed by atoms with Gasteiger partial charge in [0.15, 0.2) is 5.65 Å². The highest BCUT2D eigenvalue weighted by molar-refractivity contribution is 5.71. The van der Waals surface area contributed by atoms with Gasteiger partial charge in [0.25, 0.3) is 0 Å². The number of nitrogens with zero attached hydrogens (tertiary/aromatic N) is 2. The molecule has 0 aliphatic rings. The summed E-state index contributed by atoms with van der Waals surface area (Å²) in [5, 5.41) is 9.76. The highest BCUT2D eigenvalue weighted by atomic mass is 16.5. The van der Waals surface area contributed by atoms with Gasteiger partial charge in [-0.15, -0.1) is 0 Å². The molecule has 5 heteroatoms. The molecule has 0 aromatic carbocycles. The number of methoxy groups -OCH3 is 1. The van der Waals surface area contributed by atoms with Crippen LogP contribution in [0.4, 0.5) is 0 Å². The SMILES string of the molecule is COc1ccc2[nH]c(C(C)(C)O)nc2n1. The lowest BCUT2D eigenvalue weighted by molar-refractivity contribution is 0.0700. The highest BCUT2D eigenvalue weighted by Gasteiger charge is 2.20. The van der Waals surface area contributed by atoms with Crippen molar-refractivity contribution in [1.29, 1.82) is 0 Å². The number of hydrogen-bond donors (Lipinski definition) is 2. The molecule has 2 aromatic rings. The summed E-state index contributed by atoms with van der Waals surface area (Å²) in [6.07, 6.45) is 0. The topological polar surface area (TPSA) is 71.0 Å². The third kappa shape index (κ3) is 1.78. The van der Waals surface area contributed by atoms with Crippen LogP contribution in [-0.4, -0.2) is 27.2 Å². The lowest BCUT2D eigenvalue weighted by Crippen LogP contribution is -2.17. The third-order valence-corrected chi connectivity index (χ3v) is 2.11. The molecule has 0 fully saturated rings. The van der Waals surface area contributed by atoms with Crippen molar-refractivity contribution in [2.24, 2.45) is 0 Å². The van der Waals surface area contributed by atoms with E-state index < -0.39 is 5.60 Å². The predicted molar refractivity (Wildman–Crippen MR) is 55.7 cm³/mol. The Bertz CT molecular complexity index is 485. The van der Waals surface area contributed by atoms with E-state index in [1.807, 2.05) is 6.07 Å². The average Bonchev–Trinajstić information content (AvgIpc) is 2.59. The molecule has 2 rings (SSSR count). The molecule has 2 aromatic heterocycles. The van der Waals surface area contributed by atoms with E-state index >= 15 is 0 Å². The minimum Gasteiger partial charge on any atom is -0.481 e. The van der Waals surface area contributed by atoms with Crippen molar-refractivity contribution in [2.45, 2.75) is 19.4 Å². The van der Waals surface area contributed by atoms with Crippen molar-refractivity contribution in [1.82, 2.24) is 15.0 Å². The molecule has 80 valence electrons. The number of aromatic nitrogens is 3. The molecule has 0 saturated carbocycles. The zero-order chi connectivity index (χ0) is 11.1. The molecule has 0 spiro atoms. The van der Waals surface area contributed by atoms with Gasteiger partial charge in [-0.1, -0.05) is 0 Å². The number of imidazole rings is 1. The minimum absolute atomic E-state index is 0.498. The molecule has 2 heterocycles. The quantitative estimate of drug-likeness (QED) is 0.776. The molecule has 2 N–H and O–H groups in total. The lowest BCUT2D eigenvalue weighted by atomic mass is 10.1.